The first-order valence-electron chi connectivity index (χ1n) is 14.4. The number of ether oxygens (including phenoxy) is 4. The molecule has 1 unspecified atom stereocenters. The fourth-order valence-electron chi connectivity index (χ4n) is 5.49. The van der Waals surface area contributed by atoms with E-state index >= 15 is 0 Å². The molecule has 1 aliphatic carbocycles. The summed E-state index contributed by atoms with van der Waals surface area (Å²) in [5.74, 6) is 1.78. The number of hydrogen-bond acceptors (Lipinski definition) is 10. The Kier molecular flexibility index (Phi) is 8.43. The highest BCUT2D eigenvalue weighted by Gasteiger charge is 2.23. The molecule has 1 N–H and O–H groups in total. The third-order valence-electron chi connectivity index (χ3n) is 7.67. The van der Waals surface area contributed by atoms with Crippen LogP contribution in [-0.2, 0) is 14.3 Å². The maximum Gasteiger partial charge on any atom is 0.186 e. The summed E-state index contributed by atoms with van der Waals surface area (Å²) >= 11 is 0. The van der Waals surface area contributed by atoms with Gasteiger partial charge in [0.1, 0.15) is 24.0 Å². The zero-order chi connectivity index (χ0) is 28.9. The van der Waals surface area contributed by atoms with Crippen LogP contribution in [0.4, 0.5) is 11.5 Å². The zero-order valence-electron chi connectivity index (χ0n) is 23.6. The topological polar surface area (TPSA) is 112 Å². The van der Waals surface area contributed by atoms with E-state index in [2.05, 4.69) is 20.2 Å². The maximum atomic E-state index is 12.9. The normalized spacial score (nSPS) is 18.9. The second-order valence-electron chi connectivity index (χ2n) is 10.6. The Labute approximate surface area is 244 Å². The van der Waals surface area contributed by atoms with E-state index in [-0.39, 0.29) is 23.2 Å². The number of allylic oxidation sites excluding steroid dienone is 4. The average Bonchev–Trinajstić information content (AvgIpc) is 3.72. The van der Waals surface area contributed by atoms with Gasteiger partial charge in [0.15, 0.2) is 23.1 Å². The summed E-state index contributed by atoms with van der Waals surface area (Å²) < 4.78 is 23.3. The third-order valence-corrected chi connectivity index (χ3v) is 7.67. The van der Waals surface area contributed by atoms with E-state index in [0.29, 0.717) is 65.0 Å². The Morgan fingerprint density at radius 2 is 1.95 bits per heavy atom. The Balaban J connectivity index is 1.28. The Morgan fingerprint density at radius 1 is 1.07 bits per heavy atom. The SMILES string of the molecule is COc1cc2c(Nc3ccc(OC4CCOC4)cc3C3=CC(=O)C=CC3=O)ncnc2cc1OCCCN1CCCC1. The first kappa shape index (κ1) is 27.9. The van der Waals surface area contributed by atoms with E-state index in [1.54, 1.807) is 13.2 Å². The molecule has 2 aromatic carbocycles. The third kappa shape index (κ3) is 6.29. The number of carbonyl (C=O) groups is 2. The maximum absolute atomic E-state index is 12.9. The number of methoxy groups -OCH3 is 1. The highest BCUT2D eigenvalue weighted by Crippen LogP contribution is 2.37. The number of hydrogen-bond donors (Lipinski definition) is 1. The molecular weight excluding hydrogens is 536 g/mol. The zero-order valence-corrected chi connectivity index (χ0v) is 23.6. The van der Waals surface area contributed by atoms with Crippen LogP contribution in [0.5, 0.6) is 17.2 Å². The van der Waals surface area contributed by atoms with Crippen molar-refractivity contribution in [2.75, 3.05) is 51.9 Å². The summed E-state index contributed by atoms with van der Waals surface area (Å²) in [6, 6.07) is 9.13. The summed E-state index contributed by atoms with van der Waals surface area (Å²) in [5.41, 5.74) is 2.08. The minimum atomic E-state index is -0.264. The first-order valence-corrected chi connectivity index (χ1v) is 14.4. The van der Waals surface area contributed by atoms with Crippen molar-refractivity contribution in [3.05, 3.63) is 60.5 Å². The molecule has 0 bridgehead atoms. The number of nitrogens with zero attached hydrogens (tertiary/aromatic N) is 3. The van der Waals surface area contributed by atoms with Gasteiger partial charge >= 0.3 is 0 Å². The summed E-state index contributed by atoms with van der Waals surface area (Å²) in [6.45, 7) is 5.09. The number of ketones is 2. The number of anilines is 2. The van der Waals surface area contributed by atoms with Crippen LogP contribution < -0.4 is 19.5 Å². The van der Waals surface area contributed by atoms with Crippen LogP contribution in [0.15, 0.2) is 54.9 Å². The van der Waals surface area contributed by atoms with Crippen LogP contribution in [0.1, 0.15) is 31.2 Å². The molecule has 3 aliphatic rings. The Hall–Kier alpha value is -4.28. The lowest BCUT2D eigenvalue weighted by molar-refractivity contribution is -0.113. The van der Waals surface area contributed by atoms with Gasteiger partial charge in [0.05, 0.1) is 32.4 Å². The molecule has 10 heteroatoms. The molecule has 42 heavy (non-hydrogen) atoms. The molecule has 0 saturated carbocycles. The van der Waals surface area contributed by atoms with Crippen LogP contribution in [-0.4, -0.2) is 79.1 Å². The molecule has 1 aromatic heterocycles. The van der Waals surface area contributed by atoms with Crippen molar-refractivity contribution in [3.63, 3.8) is 0 Å². The number of fused-ring (bicyclic) bond motifs is 1. The van der Waals surface area contributed by atoms with E-state index in [9.17, 15) is 9.59 Å². The van der Waals surface area contributed by atoms with Crippen LogP contribution >= 0.6 is 0 Å². The van der Waals surface area contributed by atoms with Gasteiger partial charge in [0, 0.05) is 41.2 Å². The monoisotopic (exact) mass is 570 g/mol. The molecular formula is C32H34N4O6. The van der Waals surface area contributed by atoms with Crippen molar-refractivity contribution in [1.82, 2.24) is 14.9 Å². The van der Waals surface area contributed by atoms with Crippen molar-refractivity contribution in [2.45, 2.75) is 31.8 Å². The molecule has 218 valence electrons. The van der Waals surface area contributed by atoms with Gasteiger partial charge < -0.3 is 29.2 Å². The number of carbonyl (C=O) groups excluding carboxylic acids is 2. The highest BCUT2D eigenvalue weighted by atomic mass is 16.5. The van der Waals surface area contributed by atoms with Crippen molar-refractivity contribution in [1.29, 1.82) is 0 Å². The summed E-state index contributed by atoms with van der Waals surface area (Å²) in [5, 5.41) is 4.08. The van der Waals surface area contributed by atoms with Crippen LogP contribution in [0.25, 0.3) is 16.5 Å². The molecule has 2 saturated heterocycles. The van der Waals surface area contributed by atoms with Crippen LogP contribution in [0, 0.1) is 0 Å². The predicted molar refractivity (Wildman–Crippen MR) is 159 cm³/mol. The average molecular weight is 571 g/mol. The smallest absolute Gasteiger partial charge is 0.186 e. The molecule has 0 amide bonds. The van der Waals surface area contributed by atoms with Gasteiger partial charge in [0.2, 0.25) is 0 Å². The second kappa shape index (κ2) is 12.7. The van der Waals surface area contributed by atoms with Gasteiger partial charge in [-0.2, -0.15) is 0 Å². The fourth-order valence-corrected chi connectivity index (χ4v) is 5.49. The van der Waals surface area contributed by atoms with Gasteiger partial charge in [0.25, 0.3) is 0 Å². The molecule has 0 spiro atoms. The Bertz CT molecular complexity index is 1540. The molecule has 3 heterocycles. The molecule has 1 atom stereocenters. The molecule has 0 radical (unpaired) electrons. The van der Waals surface area contributed by atoms with Crippen molar-refractivity contribution < 1.29 is 28.5 Å². The molecule has 2 aliphatic heterocycles. The lowest BCUT2D eigenvalue weighted by atomic mass is 9.94. The lowest BCUT2D eigenvalue weighted by Crippen LogP contribution is -2.21. The quantitative estimate of drug-likeness (QED) is 0.261. The predicted octanol–water partition coefficient (Wildman–Crippen LogP) is 4.51. The van der Waals surface area contributed by atoms with E-state index in [4.69, 9.17) is 18.9 Å². The largest absolute Gasteiger partial charge is 0.493 e. The highest BCUT2D eigenvalue weighted by molar-refractivity contribution is 6.34. The summed E-state index contributed by atoms with van der Waals surface area (Å²) in [4.78, 5) is 36.5. The number of nitrogens with one attached hydrogen (secondary N) is 1. The number of benzene rings is 2. The van der Waals surface area contributed by atoms with E-state index in [1.807, 2.05) is 24.3 Å². The molecule has 2 fully saturated rings. The standard InChI is InChI=1S/C32H34N4O6/c1-39-30-17-26-28(18-31(30)41-13-4-12-36-10-2-3-11-36)33-20-34-32(26)35-27-7-6-22(42-23-9-14-40-19-23)16-24(27)25-15-21(37)5-8-29(25)38/h5-8,15-18,20,23H,2-4,9-14,19H2,1H3,(H,33,34,35). The lowest BCUT2D eigenvalue weighted by Gasteiger charge is -2.19. The Morgan fingerprint density at radius 3 is 2.76 bits per heavy atom. The van der Waals surface area contributed by atoms with Crippen molar-refractivity contribution >= 4 is 39.5 Å². The minimum Gasteiger partial charge on any atom is -0.493 e. The van der Waals surface area contributed by atoms with Crippen molar-refractivity contribution in [2.24, 2.45) is 0 Å². The van der Waals surface area contributed by atoms with E-state index < -0.39 is 0 Å². The first-order chi connectivity index (χ1) is 20.6. The second-order valence-corrected chi connectivity index (χ2v) is 10.6. The summed E-state index contributed by atoms with van der Waals surface area (Å²) in [7, 11) is 1.60. The molecule has 10 nitrogen and oxygen atoms in total. The minimum absolute atomic E-state index is 0.0656. The fraction of sp³-hybridized carbons (Fsp3) is 0.375. The van der Waals surface area contributed by atoms with Gasteiger partial charge in [-0.15, -0.1) is 0 Å². The van der Waals surface area contributed by atoms with Crippen molar-refractivity contribution in [3.8, 4) is 17.2 Å². The van der Waals surface area contributed by atoms with Gasteiger partial charge in [-0.3, -0.25) is 9.59 Å². The van der Waals surface area contributed by atoms with Crippen LogP contribution in [0.3, 0.4) is 0 Å². The number of rotatable bonds is 11. The number of likely N-dealkylation sites (tertiary alicyclic amines) is 1. The van der Waals surface area contributed by atoms with Gasteiger partial charge in [-0.25, -0.2) is 9.97 Å². The van der Waals surface area contributed by atoms with Crippen LogP contribution in [0.2, 0.25) is 0 Å². The van der Waals surface area contributed by atoms with E-state index in [1.165, 1.54) is 37.4 Å². The molecule has 3 aromatic rings. The van der Waals surface area contributed by atoms with Gasteiger partial charge in [-0.1, -0.05) is 0 Å². The molecule has 6 rings (SSSR count). The number of aromatic nitrogens is 2. The summed E-state index contributed by atoms with van der Waals surface area (Å²) in [6.07, 6.45) is 9.58. The van der Waals surface area contributed by atoms with Gasteiger partial charge in [-0.05, 0) is 74.8 Å². The van der Waals surface area contributed by atoms with E-state index in [0.717, 1.165) is 32.5 Å².